The predicted octanol–water partition coefficient (Wildman–Crippen LogP) is 3.96. The molecule has 2 aliphatic heterocycles. The zero-order valence-electron chi connectivity index (χ0n) is 38.7. The molecule has 2 heterocycles. The number of methoxy groups -OCH3 is 1. The number of aliphatic carboxylic acids is 1. The molecule has 8 bridgehead atoms. The number of benzene rings is 2. The SMILES string of the molecule is CC(=C1C2CC3CC(C2)CC1C3)c1cccc(OC2OC(C(=O)[O-])C(O)C(O)C2O)c1.COC(=O)C1OC(Oc2cccc(C(C)=C3C4CC5CC(C4)CC3C5)c2)C(C)C(C)C1C.[Na+]. The summed E-state index contributed by atoms with van der Waals surface area (Å²) in [6.07, 6.45) is 4.25. The van der Waals surface area contributed by atoms with Gasteiger partial charge in [-0.1, -0.05) is 56.2 Å². The first kappa shape index (κ1) is 47.7. The zero-order valence-corrected chi connectivity index (χ0v) is 40.7. The molecule has 0 radical (unpaired) electrons. The number of ether oxygens (including phenoxy) is 5. The average Bonchev–Trinajstić information content (AvgIpc) is 3.26. The Morgan fingerprint density at radius 2 is 1.00 bits per heavy atom. The van der Waals surface area contributed by atoms with Gasteiger partial charge in [-0.3, -0.25) is 0 Å². The van der Waals surface area contributed by atoms with Crippen LogP contribution in [0.1, 0.15) is 110 Å². The van der Waals surface area contributed by atoms with Crippen LogP contribution in [0, 0.1) is 65.1 Å². The van der Waals surface area contributed by atoms with Crippen LogP contribution in [0.25, 0.3) is 11.1 Å². The standard InChI is InChI=1S/C28H38O4.C24H30O7.Na/c1-15-16(2)26(27(29)30-5)32-28(17(15)3)31-24-8-6-7-21(14-24)18(4)25-22-10-19-9-20(12-22)13-23(25)11-19;1-11(18-15-6-12-5-13(8-15)9-16(18)7-12)14-3-2-4-17(10-14)30-24-21(27)19(25)20(26)22(31-24)23(28)29;/h6-8,14-17,19-20,22-23,26,28H,9-13H2,1-5H3;2-4,10,12-13,15-16,19-22,24-27H,5-9H2,1H3,(H,28,29);/q;;+1/p-1. The van der Waals surface area contributed by atoms with E-state index in [1.807, 2.05) is 24.3 Å². The van der Waals surface area contributed by atoms with Crippen molar-refractivity contribution in [1.29, 1.82) is 0 Å². The molecule has 11 nitrogen and oxygen atoms in total. The van der Waals surface area contributed by atoms with E-state index in [9.17, 15) is 30.0 Å². The van der Waals surface area contributed by atoms with E-state index >= 15 is 0 Å². The van der Waals surface area contributed by atoms with Crippen LogP contribution in [-0.4, -0.2) is 77.5 Å². The molecule has 2 saturated heterocycles. The van der Waals surface area contributed by atoms with E-state index in [2.05, 4.69) is 52.8 Å². The molecule has 0 spiro atoms. The minimum Gasteiger partial charge on any atom is -0.547 e. The van der Waals surface area contributed by atoms with Gasteiger partial charge < -0.3 is 48.9 Å². The van der Waals surface area contributed by atoms with E-state index in [-0.39, 0.29) is 53.3 Å². The zero-order chi connectivity index (χ0) is 44.4. The van der Waals surface area contributed by atoms with Gasteiger partial charge in [-0.2, -0.15) is 0 Å². The smallest absolute Gasteiger partial charge is 0.547 e. The van der Waals surface area contributed by atoms with Crippen LogP contribution in [0.15, 0.2) is 59.7 Å². The third-order valence-electron chi connectivity index (χ3n) is 17.0. The Morgan fingerprint density at radius 1 is 0.578 bits per heavy atom. The number of allylic oxidation sites excluding steroid dienone is 4. The van der Waals surface area contributed by atoms with Gasteiger partial charge in [-0.25, -0.2) is 4.79 Å². The average molecular weight is 891 g/mol. The molecule has 10 fully saturated rings. The fraction of sp³-hybridized carbons (Fsp3) is 0.654. The molecule has 0 amide bonds. The Bertz CT molecular complexity index is 2040. The second-order valence-electron chi connectivity index (χ2n) is 20.8. The molecule has 10 aliphatic rings. The number of aliphatic hydroxyl groups is 3. The summed E-state index contributed by atoms with van der Waals surface area (Å²) in [6, 6.07) is 15.9. The van der Waals surface area contributed by atoms with Gasteiger partial charge in [0.05, 0.1) is 13.1 Å². The normalized spacial score (nSPS) is 40.1. The minimum absolute atomic E-state index is 0. The summed E-state index contributed by atoms with van der Waals surface area (Å²) in [7, 11) is 1.42. The quantitative estimate of drug-likeness (QED) is 0.260. The number of carboxylic acid groups (broad SMARTS) is 1. The topological polar surface area (TPSA) is 164 Å². The van der Waals surface area contributed by atoms with Crippen LogP contribution in [-0.2, 0) is 23.8 Å². The first-order chi connectivity index (χ1) is 30.2. The van der Waals surface area contributed by atoms with Crippen molar-refractivity contribution in [1.82, 2.24) is 0 Å². The molecular formula is C52H67NaO11. The maximum atomic E-state index is 12.3. The second kappa shape index (κ2) is 19.5. The predicted molar refractivity (Wildman–Crippen MR) is 233 cm³/mol. The summed E-state index contributed by atoms with van der Waals surface area (Å²) in [4.78, 5) is 23.5. The van der Waals surface area contributed by atoms with Crippen molar-refractivity contribution in [3.05, 3.63) is 70.8 Å². The van der Waals surface area contributed by atoms with Gasteiger partial charge in [0.2, 0.25) is 12.6 Å². The van der Waals surface area contributed by atoms with E-state index in [0.29, 0.717) is 17.6 Å². The fourth-order valence-electron chi connectivity index (χ4n) is 13.9. The minimum atomic E-state index is -1.80. The van der Waals surface area contributed by atoms with E-state index in [1.165, 1.54) is 88.0 Å². The Balaban J connectivity index is 0.000000172. The van der Waals surface area contributed by atoms with Crippen LogP contribution in [0.5, 0.6) is 11.5 Å². The molecule has 8 aliphatic carbocycles. The van der Waals surface area contributed by atoms with E-state index in [1.54, 1.807) is 17.2 Å². The summed E-state index contributed by atoms with van der Waals surface area (Å²) in [5.74, 6) is 6.42. The summed E-state index contributed by atoms with van der Waals surface area (Å²) in [5.41, 5.74) is 8.32. The number of rotatable bonds is 8. The molecule has 3 N–H and O–H groups in total. The van der Waals surface area contributed by atoms with Crippen LogP contribution < -0.4 is 44.1 Å². The van der Waals surface area contributed by atoms with Crippen molar-refractivity contribution in [3.8, 4) is 11.5 Å². The molecule has 12 rings (SSSR count). The van der Waals surface area contributed by atoms with Crippen molar-refractivity contribution in [2.24, 2.45) is 65.1 Å². The third kappa shape index (κ3) is 9.28. The molecule has 10 unspecified atom stereocenters. The number of carboxylic acids is 1. The second-order valence-corrected chi connectivity index (χ2v) is 20.8. The van der Waals surface area contributed by atoms with Crippen LogP contribution >= 0.6 is 0 Å². The maximum absolute atomic E-state index is 12.3. The summed E-state index contributed by atoms with van der Waals surface area (Å²) >= 11 is 0. The van der Waals surface area contributed by atoms with E-state index < -0.39 is 49.1 Å². The monoisotopic (exact) mass is 890 g/mol. The van der Waals surface area contributed by atoms with Gasteiger partial charge >= 0.3 is 35.5 Å². The van der Waals surface area contributed by atoms with Crippen LogP contribution in [0.3, 0.4) is 0 Å². The number of carbonyl (C=O) groups is 2. The van der Waals surface area contributed by atoms with Gasteiger partial charge in [0.15, 0.2) is 6.10 Å². The number of hydrogen-bond donors (Lipinski definition) is 3. The number of aliphatic hydroxyl groups excluding tert-OH is 3. The van der Waals surface area contributed by atoms with Gasteiger partial charge in [-0.05, 0) is 184 Å². The van der Waals surface area contributed by atoms with Gasteiger partial charge in [0.1, 0.15) is 35.9 Å². The number of carbonyl (C=O) groups excluding carboxylic acids is 2. The molecule has 8 saturated carbocycles. The van der Waals surface area contributed by atoms with Gasteiger partial charge in [0, 0.05) is 5.92 Å². The Kier molecular flexibility index (Phi) is 14.5. The van der Waals surface area contributed by atoms with Crippen molar-refractivity contribution in [2.75, 3.05) is 7.11 Å². The summed E-state index contributed by atoms with van der Waals surface area (Å²) in [5, 5.41) is 41.2. The molecular weight excluding hydrogens is 824 g/mol. The molecule has 12 heteroatoms. The van der Waals surface area contributed by atoms with Gasteiger partial charge in [-0.15, -0.1) is 0 Å². The molecule has 10 atom stereocenters. The van der Waals surface area contributed by atoms with Crippen molar-refractivity contribution >= 4 is 23.1 Å². The van der Waals surface area contributed by atoms with Crippen LogP contribution in [0.4, 0.5) is 0 Å². The number of hydrogen-bond acceptors (Lipinski definition) is 11. The van der Waals surface area contributed by atoms with Crippen LogP contribution in [0.2, 0.25) is 0 Å². The third-order valence-corrected chi connectivity index (χ3v) is 17.0. The van der Waals surface area contributed by atoms with E-state index in [4.69, 9.17) is 23.7 Å². The Morgan fingerprint density at radius 3 is 1.42 bits per heavy atom. The molecule has 2 aromatic carbocycles. The Labute approximate surface area is 400 Å². The van der Waals surface area contributed by atoms with Crippen molar-refractivity contribution in [2.45, 2.75) is 142 Å². The fourth-order valence-corrected chi connectivity index (χ4v) is 13.9. The molecule has 342 valence electrons. The summed E-state index contributed by atoms with van der Waals surface area (Å²) < 4.78 is 28.3. The van der Waals surface area contributed by atoms with Gasteiger partial charge in [0.25, 0.3) is 0 Å². The van der Waals surface area contributed by atoms with Crippen molar-refractivity contribution < 1.29 is 83.3 Å². The molecule has 0 aromatic heterocycles. The van der Waals surface area contributed by atoms with E-state index in [0.717, 1.165) is 46.8 Å². The number of esters is 1. The summed E-state index contributed by atoms with van der Waals surface area (Å²) in [6.45, 7) is 10.8. The molecule has 2 aromatic rings. The largest absolute Gasteiger partial charge is 1.00 e. The first-order valence-corrected chi connectivity index (χ1v) is 23.8. The maximum Gasteiger partial charge on any atom is 1.00 e. The first-order valence-electron chi connectivity index (χ1n) is 23.8. The van der Waals surface area contributed by atoms with Crippen molar-refractivity contribution in [3.63, 3.8) is 0 Å². The Hall–Kier alpha value is -2.74. The molecule has 64 heavy (non-hydrogen) atoms.